The highest BCUT2D eigenvalue weighted by Crippen LogP contribution is 2.54. The van der Waals surface area contributed by atoms with Crippen molar-refractivity contribution in [2.24, 2.45) is 23.7 Å². The van der Waals surface area contributed by atoms with E-state index in [1.165, 1.54) is 19.3 Å². The van der Waals surface area contributed by atoms with E-state index in [1.807, 2.05) is 23.4 Å². The van der Waals surface area contributed by atoms with Crippen molar-refractivity contribution in [3.63, 3.8) is 0 Å². The number of rotatable bonds is 10. The Labute approximate surface area is 421 Å². The average Bonchev–Trinajstić information content (AvgIpc) is 4.05. The summed E-state index contributed by atoms with van der Waals surface area (Å²) >= 11 is 0. The second-order valence-electron chi connectivity index (χ2n) is 23.3. The molecule has 16 heteroatoms. The largest absolute Gasteiger partial charge is 0.366 e. The van der Waals surface area contributed by atoms with Crippen LogP contribution < -0.4 is 20.4 Å². The number of nitrogens with zero attached hydrogens (tertiary/aromatic N) is 9. The molecule has 5 amide bonds. The molecular weight excluding hydrogens is 907 g/mol. The SMILES string of the molecule is CC(C)n1cnc2cc(-c3ccc4c(c3)N([C@H]3C[C@@H](N5CCCCC5)C3)C(=O)C43CCN(C(=O)[C@H]4[C@@H]5C[C@H]4CN(C(=O)C4CCN(c6ccc(C7CCC(=O)NC7=O)cn6)CC4)C5)CC3)nc(NC3CC3)c21. The second kappa shape index (κ2) is 17.9. The molecule has 1 aromatic carbocycles. The van der Waals surface area contributed by atoms with E-state index in [4.69, 9.17) is 9.97 Å². The Morgan fingerprint density at radius 1 is 0.792 bits per heavy atom. The summed E-state index contributed by atoms with van der Waals surface area (Å²) < 4.78 is 2.20. The molecule has 4 aromatic rings. The average molecular weight is 976 g/mol. The lowest BCUT2D eigenvalue weighted by molar-refractivity contribution is -0.162. The molecule has 72 heavy (non-hydrogen) atoms. The number of hydrogen-bond acceptors (Lipinski definition) is 11. The molecule has 16 nitrogen and oxygen atoms in total. The van der Waals surface area contributed by atoms with Crippen LogP contribution in [0.25, 0.3) is 22.3 Å². The Morgan fingerprint density at radius 2 is 1.56 bits per heavy atom. The first kappa shape index (κ1) is 45.9. The molecule has 14 rings (SSSR count). The molecule has 6 saturated heterocycles. The highest BCUT2D eigenvalue weighted by molar-refractivity contribution is 6.09. The number of carbonyl (C=O) groups is 5. The topological polar surface area (TPSA) is 169 Å². The molecule has 3 saturated carbocycles. The van der Waals surface area contributed by atoms with Gasteiger partial charge in [0, 0.05) is 99.1 Å². The second-order valence-corrected chi connectivity index (χ2v) is 23.3. The van der Waals surface area contributed by atoms with E-state index in [-0.39, 0.29) is 71.2 Å². The van der Waals surface area contributed by atoms with Gasteiger partial charge in [0.15, 0.2) is 5.82 Å². The molecule has 7 aliphatic heterocycles. The summed E-state index contributed by atoms with van der Waals surface area (Å²) in [5.74, 6) is 1.71. The maximum Gasteiger partial charge on any atom is 0.238 e. The molecule has 1 unspecified atom stereocenters. The third-order valence-corrected chi connectivity index (χ3v) is 18.7. The molecule has 2 N–H and O–H groups in total. The van der Waals surface area contributed by atoms with Crippen LogP contribution in [0.4, 0.5) is 17.3 Å². The monoisotopic (exact) mass is 976 g/mol. The van der Waals surface area contributed by atoms with Crippen molar-refractivity contribution < 1.29 is 24.0 Å². The molecule has 3 aromatic heterocycles. The van der Waals surface area contributed by atoms with Gasteiger partial charge in [0.05, 0.1) is 28.9 Å². The maximum atomic E-state index is 15.3. The predicted molar refractivity (Wildman–Crippen MR) is 273 cm³/mol. The molecule has 1 spiro atoms. The van der Waals surface area contributed by atoms with E-state index in [0.717, 1.165) is 122 Å². The lowest BCUT2D eigenvalue weighted by Gasteiger charge is -2.54. The number of imide groups is 1. The third kappa shape index (κ3) is 7.87. The summed E-state index contributed by atoms with van der Waals surface area (Å²) in [4.78, 5) is 93.8. The number of anilines is 3. The van der Waals surface area contributed by atoms with E-state index in [0.29, 0.717) is 63.9 Å². The molecule has 378 valence electrons. The number of fused-ring (bicyclic) bond motifs is 5. The fourth-order valence-corrected chi connectivity index (χ4v) is 14.3. The van der Waals surface area contributed by atoms with Crippen LogP contribution in [0.2, 0.25) is 0 Å². The van der Waals surface area contributed by atoms with Crippen molar-refractivity contribution in [1.29, 1.82) is 0 Å². The van der Waals surface area contributed by atoms with Crippen molar-refractivity contribution in [2.45, 2.75) is 139 Å². The normalized spacial score (nSPS) is 28.6. The first-order valence-corrected chi connectivity index (χ1v) is 27.5. The lowest BCUT2D eigenvalue weighted by atomic mass is 9.60. The van der Waals surface area contributed by atoms with Crippen molar-refractivity contribution in [1.82, 2.24) is 39.5 Å². The third-order valence-electron chi connectivity index (χ3n) is 18.7. The number of likely N-dealkylation sites (tertiary alicyclic amines) is 2. The van der Waals surface area contributed by atoms with Gasteiger partial charge in [-0.25, -0.2) is 15.0 Å². The van der Waals surface area contributed by atoms with Crippen LogP contribution in [0.3, 0.4) is 0 Å². The highest BCUT2D eigenvalue weighted by Gasteiger charge is 2.58. The number of hydrogen-bond donors (Lipinski definition) is 2. The quantitative estimate of drug-likeness (QED) is 0.169. The number of benzene rings is 1. The van der Waals surface area contributed by atoms with Crippen LogP contribution >= 0.6 is 0 Å². The minimum Gasteiger partial charge on any atom is -0.366 e. The first-order chi connectivity index (χ1) is 35.0. The van der Waals surface area contributed by atoms with E-state index in [2.05, 4.69) is 77.9 Å². The lowest BCUT2D eigenvalue weighted by Crippen LogP contribution is -2.63. The zero-order valence-corrected chi connectivity index (χ0v) is 41.9. The number of carbonyl (C=O) groups excluding carboxylic acids is 5. The van der Waals surface area contributed by atoms with Crippen LogP contribution in [-0.4, -0.2) is 134 Å². The Hall–Kier alpha value is -5.90. The number of nitrogens with one attached hydrogen (secondary N) is 2. The van der Waals surface area contributed by atoms with Crippen LogP contribution in [0, 0.1) is 23.7 Å². The molecule has 10 heterocycles. The van der Waals surface area contributed by atoms with Gasteiger partial charge < -0.3 is 34.4 Å². The fourth-order valence-electron chi connectivity index (χ4n) is 14.3. The van der Waals surface area contributed by atoms with Crippen LogP contribution in [0.5, 0.6) is 0 Å². The zero-order chi connectivity index (χ0) is 49.0. The van der Waals surface area contributed by atoms with Gasteiger partial charge in [-0.2, -0.15) is 0 Å². The molecule has 0 radical (unpaired) electrons. The fraction of sp³-hybridized carbons (Fsp3) is 0.607. The molecular formula is C56H69N11O5. The summed E-state index contributed by atoms with van der Waals surface area (Å²) in [6.45, 7) is 10.5. The molecule has 4 atom stereocenters. The molecule has 3 aliphatic carbocycles. The van der Waals surface area contributed by atoms with Gasteiger partial charge in [0.25, 0.3) is 0 Å². The van der Waals surface area contributed by atoms with Crippen molar-refractivity contribution in [3.8, 4) is 11.3 Å². The zero-order valence-electron chi connectivity index (χ0n) is 41.9. The van der Waals surface area contributed by atoms with E-state index < -0.39 is 5.41 Å². The van der Waals surface area contributed by atoms with E-state index in [9.17, 15) is 19.2 Å². The van der Waals surface area contributed by atoms with Crippen molar-refractivity contribution >= 4 is 57.9 Å². The summed E-state index contributed by atoms with van der Waals surface area (Å²) in [5, 5.41) is 6.14. The summed E-state index contributed by atoms with van der Waals surface area (Å²) in [7, 11) is 0. The van der Waals surface area contributed by atoms with Crippen LogP contribution in [0.1, 0.15) is 127 Å². The van der Waals surface area contributed by atoms with E-state index in [1.54, 1.807) is 6.20 Å². The smallest absolute Gasteiger partial charge is 0.238 e. The Bertz CT molecular complexity index is 2800. The van der Waals surface area contributed by atoms with Gasteiger partial charge in [-0.15, -0.1) is 0 Å². The van der Waals surface area contributed by atoms with Crippen LogP contribution in [0.15, 0.2) is 48.9 Å². The Morgan fingerprint density at radius 3 is 2.25 bits per heavy atom. The van der Waals surface area contributed by atoms with Gasteiger partial charge in [0.1, 0.15) is 11.3 Å². The van der Waals surface area contributed by atoms with E-state index >= 15 is 4.79 Å². The Balaban J connectivity index is 0.671. The number of imidazole rings is 1. The predicted octanol–water partition coefficient (Wildman–Crippen LogP) is 6.40. The molecule has 2 bridgehead atoms. The molecule has 9 fully saturated rings. The molecule has 10 aliphatic rings. The number of aromatic nitrogens is 4. The number of pyridine rings is 2. The standard InChI is InChI=1S/C56H69N11O5/c1-33(2)66-32-58-45-28-44(60-51(50(45)66)59-39-8-9-39)35-6-11-43-46(25-35)67(41-26-40(27-41)62-18-4-3-5-19-62)55(72)56(43)16-22-64(23-17-56)54(71)49-37-24-38(49)31-65(30-37)53(70)34-14-20-63(21-15-34)47-12-7-36(29-57-47)42-10-13-48(68)61-52(42)69/h6-7,11-12,25,28-29,32-34,37-42,49H,3-5,8-10,13-24,26-27,30-31H2,1-2H3,(H,59,60)(H,61,68,69)/t37-,38+,40-,41+,42?,49+. The summed E-state index contributed by atoms with van der Waals surface area (Å²) in [6, 6.07) is 13.9. The summed E-state index contributed by atoms with van der Waals surface area (Å²) in [5.41, 5.74) is 6.07. The minimum atomic E-state index is -0.670. The maximum absolute atomic E-state index is 15.3. The first-order valence-electron chi connectivity index (χ1n) is 27.5. The number of amides is 5. The van der Waals surface area contributed by atoms with Gasteiger partial charge >= 0.3 is 0 Å². The van der Waals surface area contributed by atoms with Gasteiger partial charge in [0.2, 0.25) is 29.5 Å². The highest BCUT2D eigenvalue weighted by atomic mass is 16.2. The minimum absolute atomic E-state index is 0.0525. The van der Waals surface area contributed by atoms with Crippen molar-refractivity contribution in [2.75, 3.05) is 67.5 Å². The Kier molecular flexibility index (Phi) is 11.4. The van der Waals surface area contributed by atoms with Crippen LogP contribution in [-0.2, 0) is 29.4 Å². The number of piperidine rings is 6. The van der Waals surface area contributed by atoms with Gasteiger partial charge in [-0.3, -0.25) is 29.3 Å². The summed E-state index contributed by atoms with van der Waals surface area (Å²) in [6.07, 6.45) is 16.3. The van der Waals surface area contributed by atoms with Crippen molar-refractivity contribution in [3.05, 3.63) is 60.0 Å². The van der Waals surface area contributed by atoms with Gasteiger partial charge in [-0.1, -0.05) is 24.6 Å². The van der Waals surface area contributed by atoms with Gasteiger partial charge in [-0.05, 0) is 145 Å².